The summed E-state index contributed by atoms with van der Waals surface area (Å²) < 4.78 is 5.33. The molecule has 9 heteroatoms. The van der Waals surface area contributed by atoms with Crippen molar-refractivity contribution in [2.24, 2.45) is 0 Å². The topological polar surface area (TPSA) is 96.0 Å². The van der Waals surface area contributed by atoms with Gasteiger partial charge in [-0.3, -0.25) is 14.4 Å². The Hall–Kier alpha value is -2.55. The van der Waals surface area contributed by atoms with Gasteiger partial charge < -0.3 is 19.9 Å². The van der Waals surface area contributed by atoms with Crippen LogP contribution >= 0.6 is 11.8 Å². The summed E-state index contributed by atoms with van der Waals surface area (Å²) in [6.45, 7) is 3.30. The number of hydrogen-bond donors (Lipinski definition) is 1. The third-order valence-corrected chi connectivity index (χ3v) is 7.19. The van der Waals surface area contributed by atoms with Crippen molar-refractivity contribution in [3.8, 4) is 0 Å². The Morgan fingerprint density at radius 2 is 2.07 bits per heavy atom. The minimum Gasteiger partial charge on any atom is -0.454 e. The molecule has 1 aromatic carbocycles. The summed E-state index contributed by atoms with van der Waals surface area (Å²) in [6, 6.07) is 6.00. The van der Waals surface area contributed by atoms with Crippen molar-refractivity contribution in [3.63, 3.8) is 0 Å². The second kappa shape index (κ2) is 7.37. The average molecular weight is 417 g/mol. The summed E-state index contributed by atoms with van der Waals surface area (Å²) in [7, 11) is 0. The Morgan fingerprint density at radius 3 is 2.86 bits per heavy atom. The van der Waals surface area contributed by atoms with Crippen molar-refractivity contribution in [2.75, 3.05) is 22.6 Å². The third kappa shape index (κ3) is 3.48. The Morgan fingerprint density at radius 1 is 1.31 bits per heavy atom. The second-order valence-corrected chi connectivity index (χ2v) is 9.26. The number of carbonyl (C=O) groups excluding carboxylic acids is 4. The van der Waals surface area contributed by atoms with Gasteiger partial charge in [-0.25, -0.2) is 4.79 Å². The van der Waals surface area contributed by atoms with E-state index in [1.807, 2.05) is 6.92 Å². The van der Waals surface area contributed by atoms with Crippen molar-refractivity contribution < 1.29 is 23.9 Å². The van der Waals surface area contributed by atoms with E-state index in [-0.39, 0.29) is 29.1 Å². The molecule has 0 aliphatic carbocycles. The number of hydrogen-bond acceptors (Lipinski definition) is 6. The van der Waals surface area contributed by atoms with Crippen LogP contribution in [0, 0.1) is 0 Å². The van der Waals surface area contributed by atoms with Gasteiger partial charge in [-0.05, 0) is 32.4 Å². The summed E-state index contributed by atoms with van der Waals surface area (Å²) >= 11 is 1.58. The molecular formula is C20H23N3O5S. The van der Waals surface area contributed by atoms with Gasteiger partial charge in [0.1, 0.15) is 6.04 Å². The van der Waals surface area contributed by atoms with E-state index < -0.39 is 24.5 Å². The van der Waals surface area contributed by atoms with E-state index in [9.17, 15) is 19.2 Å². The fourth-order valence-electron chi connectivity index (χ4n) is 4.26. The molecule has 29 heavy (non-hydrogen) atoms. The van der Waals surface area contributed by atoms with Crippen LogP contribution in [0.4, 0.5) is 11.4 Å². The van der Waals surface area contributed by atoms with Gasteiger partial charge in [-0.15, -0.1) is 11.8 Å². The van der Waals surface area contributed by atoms with Gasteiger partial charge in [-0.2, -0.15) is 0 Å². The number of anilines is 2. The fourth-order valence-corrected chi connectivity index (χ4v) is 5.68. The standard InChI is InChI=1S/C20H23N3O5S/c1-12-9-16(24)21-13-5-3-4-6-14(13)22(12)18(26)10-28-19(27)15-11-29-20(2)8-7-17(25)23(15)20/h3-6,12,15H,7-11H2,1-2H3,(H,21,24)/t12-,15-,20+/m1/s1. The lowest BCUT2D eigenvalue weighted by molar-refractivity contribution is -0.155. The molecule has 0 aromatic heterocycles. The molecule has 3 aliphatic rings. The first-order chi connectivity index (χ1) is 13.8. The molecule has 1 N–H and O–H groups in total. The van der Waals surface area contributed by atoms with Gasteiger partial charge in [0, 0.05) is 24.6 Å². The van der Waals surface area contributed by atoms with Crippen LogP contribution in [0.5, 0.6) is 0 Å². The van der Waals surface area contributed by atoms with Crippen LogP contribution in [0.15, 0.2) is 24.3 Å². The Bertz CT molecular complexity index is 891. The normalized spacial score (nSPS) is 28.5. The van der Waals surface area contributed by atoms with E-state index in [1.54, 1.807) is 47.9 Å². The number of rotatable bonds is 3. The number of nitrogens with zero attached hydrogens (tertiary/aromatic N) is 2. The first kappa shape index (κ1) is 19.8. The van der Waals surface area contributed by atoms with Crippen LogP contribution in [0.3, 0.4) is 0 Å². The highest BCUT2D eigenvalue weighted by molar-refractivity contribution is 8.01. The molecule has 1 aromatic rings. The number of benzene rings is 1. The molecule has 0 unspecified atom stereocenters. The Labute approximate surface area is 172 Å². The smallest absolute Gasteiger partial charge is 0.330 e. The van der Waals surface area contributed by atoms with Crippen LogP contribution in [0.2, 0.25) is 0 Å². The van der Waals surface area contributed by atoms with E-state index in [0.29, 0.717) is 30.0 Å². The molecule has 3 heterocycles. The summed E-state index contributed by atoms with van der Waals surface area (Å²) in [4.78, 5) is 52.6. The number of thioether (sulfide) groups is 1. The number of fused-ring (bicyclic) bond motifs is 2. The Kier molecular flexibility index (Phi) is 5.02. The van der Waals surface area contributed by atoms with E-state index >= 15 is 0 Å². The monoisotopic (exact) mass is 417 g/mol. The number of nitrogens with one attached hydrogen (secondary N) is 1. The number of esters is 1. The number of para-hydroxylation sites is 2. The molecular weight excluding hydrogens is 394 g/mol. The van der Waals surface area contributed by atoms with Gasteiger partial charge in [0.05, 0.1) is 16.2 Å². The molecule has 4 rings (SSSR count). The van der Waals surface area contributed by atoms with Gasteiger partial charge in [-0.1, -0.05) is 12.1 Å². The van der Waals surface area contributed by atoms with Crippen LogP contribution in [0.1, 0.15) is 33.1 Å². The van der Waals surface area contributed by atoms with Crippen LogP contribution in [-0.2, 0) is 23.9 Å². The average Bonchev–Trinajstić information content (AvgIpc) is 3.12. The summed E-state index contributed by atoms with van der Waals surface area (Å²) in [5.74, 6) is -0.723. The Balaban J connectivity index is 1.46. The highest BCUT2D eigenvalue weighted by atomic mass is 32.2. The third-order valence-electron chi connectivity index (χ3n) is 5.68. The first-order valence-corrected chi connectivity index (χ1v) is 10.6. The van der Waals surface area contributed by atoms with Gasteiger partial charge >= 0.3 is 5.97 Å². The number of carbonyl (C=O) groups is 4. The molecule has 154 valence electrons. The molecule has 3 aliphatic heterocycles. The van der Waals surface area contributed by atoms with E-state index in [4.69, 9.17) is 4.74 Å². The highest BCUT2D eigenvalue weighted by Crippen LogP contribution is 2.47. The molecule has 3 amide bonds. The lowest BCUT2D eigenvalue weighted by Gasteiger charge is -2.30. The maximum Gasteiger partial charge on any atom is 0.330 e. The SMILES string of the molecule is C[C@@H]1CC(=O)Nc2ccccc2N1C(=O)COC(=O)[C@H]1CS[C@@]2(C)CCC(=O)N12. The fraction of sp³-hybridized carbons (Fsp3) is 0.500. The van der Waals surface area contributed by atoms with E-state index in [0.717, 1.165) is 0 Å². The number of amides is 3. The van der Waals surface area contributed by atoms with Crippen molar-refractivity contribution >= 4 is 46.8 Å². The molecule has 0 radical (unpaired) electrons. The second-order valence-electron chi connectivity index (χ2n) is 7.76. The quantitative estimate of drug-likeness (QED) is 0.753. The molecule has 2 fully saturated rings. The maximum absolute atomic E-state index is 12.9. The minimum atomic E-state index is -0.662. The predicted molar refractivity (Wildman–Crippen MR) is 108 cm³/mol. The van der Waals surface area contributed by atoms with Crippen LogP contribution < -0.4 is 10.2 Å². The van der Waals surface area contributed by atoms with Crippen molar-refractivity contribution in [1.29, 1.82) is 0 Å². The predicted octanol–water partition coefficient (Wildman–Crippen LogP) is 1.75. The lowest BCUT2D eigenvalue weighted by Crippen LogP contribution is -2.48. The first-order valence-electron chi connectivity index (χ1n) is 9.64. The van der Waals surface area contributed by atoms with Gasteiger partial charge in [0.15, 0.2) is 6.61 Å². The zero-order chi connectivity index (χ0) is 20.8. The van der Waals surface area contributed by atoms with E-state index in [1.165, 1.54) is 4.90 Å². The van der Waals surface area contributed by atoms with E-state index in [2.05, 4.69) is 5.32 Å². The van der Waals surface area contributed by atoms with Crippen LogP contribution in [-0.4, -0.2) is 57.9 Å². The molecule has 3 atom stereocenters. The van der Waals surface area contributed by atoms with Crippen molar-refractivity contribution in [3.05, 3.63) is 24.3 Å². The summed E-state index contributed by atoms with van der Waals surface area (Å²) in [5, 5.41) is 2.79. The van der Waals surface area contributed by atoms with Crippen molar-refractivity contribution in [1.82, 2.24) is 4.90 Å². The number of ether oxygens (including phenoxy) is 1. The largest absolute Gasteiger partial charge is 0.454 e. The maximum atomic E-state index is 12.9. The summed E-state index contributed by atoms with van der Waals surface area (Å²) in [5.41, 5.74) is 1.12. The minimum absolute atomic E-state index is 0.0505. The van der Waals surface area contributed by atoms with Gasteiger partial charge in [0.25, 0.3) is 5.91 Å². The van der Waals surface area contributed by atoms with Crippen LogP contribution in [0.25, 0.3) is 0 Å². The van der Waals surface area contributed by atoms with Gasteiger partial charge in [0.2, 0.25) is 11.8 Å². The molecule has 8 nitrogen and oxygen atoms in total. The zero-order valence-electron chi connectivity index (χ0n) is 16.3. The highest BCUT2D eigenvalue weighted by Gasteiger charge is 2.53. The lowest BCUT2D eigenvalue weighted by atomic mass is 10.1. The molecule has 2 saturated heterocycles. The molecule has 0 bridgehead atoms. The summed E-state index contributed by atoms with van der Waals surface area (Å²) in [6.07, 6.45) is 1.28. The molecule has 0 saturated carbocycles. The zero-order valence-corrected chi connectivity index (χ0v) is 17.2. The van der Waals surface area contributed by atoms with Crippen molar-refractivity contribution in [2.45, 2.75) is 50.1 Å². The molecule has 0 spiro atoms.